The summed E-state index contributed by atoms with van der Waals surface area (Å²) in [4.78, 5) is 0. The van der Waals surface area contributed by atoms with Gasteiger partial charge in [-0.1, -0.05) is 0 Å². The topological polar surface area (TPSA) is 83.4 Å². The fourth-order valence-electron chi connectivity index (χ4n) is 1.87. The number of nitrogens with zero attached hydrogens (tertiary/aromatic N) is 2. The van der Waals surface area contributed by atoms with E-state index in [0.717, 1.165) is 16.5 Å². The van der Waals surface area contributed by atoms with E-state index < -0.39 is 0 Å². The smallest absolute Gasteiger partial charge is 0.253 e. The molecule has 0 aliphatic heterocycles. The highest BCUT2D eigenvalue weighted by Gasteiger charge is 2.14. The van der Waals surface area contributed by atoms with Gasteiger partial charge in [-0.05, 0) is 53.5 Å². The van der Waals surface area contributed by atoms with Crippen LogP contribution in [0.5, 0.6) is 11.5 Å². The highest BCUT2D eigenvalue weighted by Crippen LogP contribution is 2.37. The van der Waals surface area contributed by atoms with E-state index in [2.05, 4.69) is 26.1 Å². The number of aryl methyl sites for hydroxylation is 1. The number of hydrogen-bond acceptors (Lipinski definition) is 6. The highest BCUT2D eigenvalue weighted by atomic mass is 79.9. The van der Waals surface area contributed by atoms with Gasteiger partial charge in [0.1, 0.15) is 0 Å². The van der Waals surface area contributed by atoms with Gasteiger partial charge >= 0.3 is 0 Å². The number of rotatable bonds is 7. The molecule has 0 bridgehead atoms. The van der Waals surface area contributed by atoms with Crippen LogP contribution in [0.4, 0.5) is 0 Å². The summed E-state index contributed by atoms with van der Waals surface area (Å²) in [6, 6.07) is 3.92. The van der Waals surface area contributed by atoms with Crippen LogP contribution >= 0.6 is 15.9 Å². The molecule has 0 saturated carbocycles. The zero-order valence-corrected chi connectivity index (χ0v) is 13.6. The van der Waals surface area contributed by atoms with Gasteiger partial charge in [0.2, 0.25) is 5.89 Å². The molecule has 1 aromatic heterocycles. The van der Waals surface area contributed by atoms with E-state index in [4.69, 9.17) is 19.6 Å². The minimum absolute atomic E-state index is 0.190. The first kappa shape index (κ1) is 15.8. The monoisotopic (exact) mass is 355 g/mol. The van der Waals surface area contributed by atoms with Crippen LogP contribution in [-0.4, -0.2) is 23.3 Å². The number of benzene rings is 1. The first-order chi connectivity index (χ1) is 10.1. The van der Waals surface area contributed by atoms with Gasteiger partial charge in [-0.2, -0.15) is 0 Å². The largest absolute Gasteiger partial charge is 0.490 e. The molecule has 0 atom stereocenters. The van der Waals surface area contributed by atoms with Crippen LogP contribution < -0.4 is 15.2 Å². The van der Waals surface area contributed by atoms with Crippen molar-refractivity contribution >= 4 is 15.9 Å². The summed E-state index contributed by atoms with van der Waals surface area (Å²) in [5.41, 5.74) is 6.69. The van der Waals surface area contributed by atoms with Gasteiger partial charge in [-0.15, -0.1) is 10.2 Å². The number of ether oxygens (including phenoxy) is 2. The fraction of sp³-hybridized carbons (Fsp3) is 0.429. The minimum atomic E-state index is 0.190. The predicted octanol–water partition coefficient (Wildman–Crippen LogP) is 2.62. The molecule has 2 N–H and O–H groups in total. The molecule has 114 valence electrons. The average Bonchev–Trinajstić information content (AvgIpc) is 2.84. The van der Waals surface area contributed by atoms with Crippen molar-refractivity contribution in [3.8, 4) is 11.5 Å². The Labute approximate surface area is 131 Å². The second kappa shape index (κ2) is 7.42. The first-order valence-corrected chi connectivity index (χ1v) is 7.50. The molecule has 7 heteroatoms. The summed E-state index contributed by atoms with van der Waals surface area (Å²) >= 11 is 3.50. The van der Waals surface area contributed by atoms with Gasteiger partial charge in [0.25, 0.3) is 5.89 Å². The van der Waals surface area contributed by atoms with Crippen molar-refractivity contribution in [2.75, 3.05) is 13.2 Å². The van der Waals surface area contributed by atoms with Crippen molar-refractivity contribution < 1.29 is 13.9 Å². The van der Waals surface area contributed by atoms with Crippen LogP contribution in [-0.2, 0) is 13.0 Å². The molecule has 0 aliphatic rings. The molecule has 2 aromatic rings. The lowest BCUT2D eigenvalue weighted by Gasteiger charge is -2.14. The van der Waals surface area contributed by atoms with Crippen molar-refractivity contribution in [3.63, 3.8) is 0 Å². The van der Waals surface area contributed by atoms with Gasteiger partial charge in [-0.3, -0.25) is 0 Å². The molecule has 0 spiro atoms. The van der Waals surface area contributed by atoms with Crippen LogP contribution in [0.25, 0.3) is 0 Å². The molecule has 2 rings (SSSR count). The molecular weight excluding hydrogens is 338 g/mol. The molecule has 0 amide bonds. The Kier molecular flexibility index (Phi) is 5.58. The summed E-state index contributed by atoms with van der Waals surface area (Å²) in [6.45, 7) is 4.98. The van der Waals surface area contributed by atoms with E-state index in [1.165, 1.54) is 0 Å². The van der Waals surface area contributed by atoms with Crippen molar-refractivity contribution in [1.82, 2.24) is 10.2 Å². The molecule has 0 fully saturated rings. The van der Waals surface area contributed by atoms with Gasteiger partial charge < -0.3 is 19.6 Å². The quantitative estimate of drug-likeness (QED) is 0.821. The molecule has 1 aromatic carbocycles. The van der Waals surface area contributed by atoms with E-state index in [1.807, 2.05) is 19.1 Å². The molecule has 21 heavy (non-hydrogen) atoms. The van der Waals surface area contributed by atoms with Gasteiger partial charge in [0, 0.05) is 6.92 Å². The third-order valence-corrected chi connectivity index (χ3v) is 3.30. The second-order valence-electron chi connectivity index (χ2n) is 4.38. The third kappa shape index (κ3) is 4.18. The molecule has 0 radical (unpaired) electrons. The Morgan fingerprint density at radius 2 is 2.10 bits per heavy atom. The molecule has 6 nitrogen and oxygen atoms in total. The number of aromatic nitrogens is 2. The molecule has 0 unspecified atom stereocenters. The molecule has 0 aliphatic carbocycles. The third-order valence-electron chi connectivity index (χ3n) is 2.71. The Bertz CT molecular complexity index is 601. The SMILES string of the molecule is CCOc1cc(CCN)cc(Br)c1OCc1nnc(C)o1. The lowest BCUT2D eigenvalue weighted by atomic mass is 10.1. The van der Waals surface area contributed by atoms with Gasteiger partial charge in [-0.25, -0.2) is 0 Å². The average molecular weight is 356 g/mol. The number of nitrogens with two attached hydrogens (primary N) is 1. The van der Waals surface area contributed by atoms with Crippen molar-refractivity contribution in [3.05, 3.63) is 34.0 Å². The van der Waals surface area contributed by atoms with Crippen LogP contribution in [0.3, 0.4) is 0 Å². The van der Waals surface area contributed by atoms with Crippen LogP contribution in [0.15, 0.2) is 21.0 Å². The Morgan fingerprint density at radius 1 is 1.29 bits per heavy atom. The summed E-state index contributed by atoms with van der Waals surface area (Å²) in [5, 5.41) is 7.66. The normalized spacial score (nSPS) is 10.7. The van der Waals surface area contributed by atoms with Crippen LogP contribution in [0, 0.1) is 6.92 Å². The van der Waals surface area contributed by atoms with E-state index in [1.54, 1.807) is 6.92 Å². The molecule has 0 saturated heterocycles. The molecule has 1 heterocycles. The standard InChI is InChI=1S/C14H18BrN3O3/c1-3-19-12-7-10(4-5-16)6-11(15)14(12)20-8-13-18-17-9(2)21-13/h6-7H,3-5,8,16H2,1-2H3. The maximum Gasteiger partial charge on any atom is 0.253 e. The van der Waals surface area contributed by atoms with Gasteiger partial charge in [0.05, 0.1) is 11.1 Å². The number of hydrogen-bond donors (Lipinski definition) is 1. The van der Waals surface area contributed by atoms with Crippen molar-refractivity contribution in [2.24, 2.45) is 5.73 Å². The number of halogens is 1. The summed E-state index contributed by atoms with van der Waals surface area (Å²) in [6.07, 6.45) is 0.780. The van der Waals surface area contributed by atoms with E-state index in [-0.39, 0.29) is 6.61 Å². The van der Waals surface area contributed by atoms with E-state index >= 15 is 0 Å². The Morgan fingerprint density at radius 3 is 2.71 bits per heavy atom. The fourth-order valence-corrected chi connectivity index (χ4v) is 2.47. The highest BCUT2D eigenvalue weighted by molar-refractivity contribution is 9.10. The van der Waals surface area contributed by atoms with E-state index in [9.17, 15) is 0 Å². The predicted molar refractivity (Wildman–Crippen MR) is 81.4 cm³/mol. The Hall–Kier alpha value is -1.60. The second-order valence-corrected chi connectivity index (χ2v) is 5.23. The zero-order chi connectivity index (χ0) is 15.2. The maximum atomic E-state index is 5.75. The lowest BCUT2D eigenvalue weighted by Crippen LogP contribution is -2.05. The van der Waals surface area contributed by atoms with Crippen molar-refractivity contribution in [1.29, 1.82) is 0 Å². The van der Waals surface area contributed by atoms with Crippen molar-refractivity contribution in [2.45, 2.75) is 26.9 Å². The van der Waals surface area contributed by atoms with Crippen LogP contribution in [0.2, 0.25) is 0 Å². The first-order valence-electron chi connectivity index (χ1n) is 6.71. The maximum absolute atomic E-state index is 5.75. The summed E-state index contributed by atoms with van der Waals surface area (Å²) in [7, 11) is 0. The summed E-state index contributed by atoms with van der Waals surface area (Å²) < 4.78 is 17.5. The van der Waals surface area contributed by atoms with E-state index in [0.29, 0.717) is 36.4 Å². The lowest BCUT2D eigenvalue weighted by molar-refractivity contribution is 0.239. The minimum Gasteiger partial charge on any atom is -0.490 e. The Balaban J connectivity index is 2.19. The van der Waals surface area contributed by atoms with Gasteiger partial charge in [0.15, 0.2) is 18.1 Å². The zero-order valence-electron chi connectivity index (χ0n) is 12.1. The summed E-state index contributed by atoms with van der Waals surface area (Å²) in [5.74, 6) is 2.23. The molecular formula is C14H18BrN3O3. The van der Waals surface area contributed by atoms with Crippen LogP contribution in [0.1, 0.15) is 24.3 Å².